The minimum atomic E-state index is -1.21. The second kappa shape index (κ2) is 9.64. The minimum absolute atomic E-state index is 0.0828. The lowest BCUT2D eigenvalue weighted by Gasteiger charge is -2.24. The monoisotopic (exact) mass is 510 g/mol. The number of benzene rings is 1. The molecule has 2 heterocycles. The molecule has 0 radical (unpaired) electrons. The Bertz CT molecular complexity index is 1290. The second-order valence-corrected chi connectivity index (χ2v) is 11.1. The maximum Gasteiger partial charge on any atom is 0.321 e. The van der Waals surface area contributed by atoms with Crippen molar-refractivity contribution in [3.05, 3.63) is 35.7 Å². The maximum absolute atomic E-state index is 16.5. The third-order valence-electron chi connectivity index (χ3n) is 7.48. The Hall–Kier alpha value is -3.11. The number of halogens is 1. The molecule has 0 spiro atoms. The highest BCUT2D eigenvalue weighted by Crippen LogP contribution is 2.57. The smallest absolute Gasteiger partial charge is 0.321 e. The molecule has 198 valence electrons. The van der Waals surface area contributed by atoms with Gasteiger partial charge in [0.1, 0.15) is 11.4 Å². The molecule has 2 aliphatic carbocycles. The summed E-state index contributed by atoms with van der Waals surface area (Å²) in [5.41, 5.74) is 0.768. The number of hydrogen-bond donors (Lipinski definition) is 5. The topological polar surface area (TPSA) is 136 Å². The molecule has 2 fully saturated rings. The van der Waals surface area contributed by atoms with Crippen LogP contribution in [0.25, 0.3) is 22.2 Å². The lowest BCUT2D eigenvalue weighted by molar-refractivity contribution is 0.0687. The molecule has 2 saturated carbocycles. The summed E-state index contributed by atoms with van der Waals surface area (Å²) < 4.78 is 16.5. The van der Waals surface area contributed by atoms with Gasteiger partial charge in [-0.2, -0.15) is 0 Å². The summed E-state index contributed by atoms with van der Waals surface area (Å²) in [6.45, 7) is 5.55. The van der Waals surface area contributed by atoms with Crippen LogP contribution >= 0.6 is 0 Å². The van der Waals surface area contributed by atoms with Gasteiger partial charge in [-0.15, -0.1) is 0 Å². The zero-order chi connectivity index (χ0) is 26.4. The largest absolute Gasteiger partial charge is 0.396 e. The van der Waals surface area contributed by atoms with Crippen molar-refractivity contribution in [2.75, 3.05) is 18.5 Å². The molecule has 1 atom stereocenters. The van der Waals surface area contributed by atoms with Gasteiger partial charge in [-0.05, 0) is 64.4 Å². The van der Waals surface area contributed by atoms with Gasteiger partial charge in [-0.25, -0.2) is 24.1 Å². The SMILES string of the molecule is CCNC(=O)Nc1nc2c(C3(CC(CO)CC4CC4)CC3)c(F)c(-c3cnc(C(C)(C)O)nc3)cc2[nH]1. The van der Waals surface area contributed by atoms with Crippen molar-refractivity contribution >= 4 is 23.0 Å². The van der Waals surface area contributed by atoms with E-state index in [4.69, 9.17) is 0 Å². The molecule has 9 nitrogen and oxygen atoms in total. The summed E-state index contributed by atoms with van der Waals surface area (Å²) in [5.74, 6) is 0.865. The first-order valence-corrected chi connectivity index (χ1v) is 13.1. The highest BCUT2D eigenvalue weighted by molar-refractivity contribution is 5.92. The Morgan fingerprint density at radius 1 is 1.30 bits per heavy atom. The first-order chi connectivity index (χ1) is 17.6. The van der Waals surface area contributed by atoms with E-state index in [2.05, 4.69) is 30.6 Å². The molecule has 37 heavy (non-hydrogen) atoms. The van der Waals surface area contributed by atoms with E-state index in [9.17, 15) is 15.0 Å². The number of aliphatic hydroxyl groups is 2. The molecule has 2 aliphatic rings. The van der Waals surface area contributed by atoms with E-state index >= 15 is 4.39 Å². The van der Waals surface area contributed by atoms with Gasteiger partial charge < -0.3 is 20.5 Å². The number of carbonyl (C=O) groups excluding carboxylic acids is 1. The summed E-state index contributed by atoms with van der Waals surface area (Å²) >= 11 is 0. The predicted octanol–water partition coefficient (Wildman–Crippen LogP) is 4.36. The van der Waals surface area contributed by atoms with Crippen molar-refractivity contribution in [1.29, 1.82) is 0 Å². The molecule has 0 saturated heterocycles. The zero-order valence-corrected chi connectivity index (χ0v) is 21.6. The number of nitrogens with one attached hydrogen (secondary N) is 3. The number of amides is 2. The fourth-order valence-electron chi connectivity index (χ4n) is 5.28. The third kappa shape index (κ3) is 5.31. The zero-order valence-electron chi connectivity index (χ0n) is 21.6. The standard InChI is InChI=1S/C27H35FN6O3/c1-4-29-25(36)34-24-32-19-10-18(17-12-30-23(31-13-17)26(2,3)37)21(28)20(22(19)33-24)27(7-8-27)11-16(14-35)9-15-5-6-15/h10,12-13,15-16,35,37H,4-9,11,14H2,1-3H3,(H3,29,32,33,34,36). The number of carbonyl (C=O) groups is 1. The third-order valence-corrected chi connectivity index (χ3v) is 7.48. The van der Waals surface area contributed by atoms with Crippen molar-refractivity contribution in [1.82, 2.24) is 25.3 Å². The van der Waals surface area contributed by atoms with Gasteiger partial charge in [0.15, 0.2) is 5.82 Å². The molecular weight excluding hydrogens is 475 g/mol. The summed E-state index contributed by atoms with van der Waals surface area (Å²) in [6, 6.07) is 1.27. The lowest BCUT2D eigenvalue weighted by Crippen LogP contribution is -2.28. The van der Waals surface area contributed by atoms with E-state index in [1.807, 2.05) is 6.92 Å². The number of aliphatic hydroxyl groups excluding tert-OH is 1. The van der Waals surface area contributed by atoms with E-state index < -0.39 is 17.0 Å². The average Bonchev–Trinajstić information content (AvgIpc) is 3.77. The van der Waals surface area contributed by atoms with E-state index in [0.29, 0.717) is 46.6 Å². The van der Waals surface area contributed by atoms with Crippen molar-refractivity contribution in [3.8, 4) is 11.1 Å². The van der Waals surface area contributed by atoms with Gasteiger partial charge in [-0.1, -0.05) is 12.8 Å². The molecule has 2 amide bonds. The molecule has 10 heteroatoms. The van der Waals surface area contributed by atoms with Crippen LogP contribution in [0.15, 0.2) is 18.5 Å². The fraction of sp³-hybridized carbons (Fsp3) is 0.556. The van der Waals surface area contributed by atoms with Gasteiger partial charge in [0.05, 0.1) is 11.0 Å². The number of fused-ring (bicyclic) bond motifs is 1. The Kier molecular flexibility index (Phi) is 6.66. The Labute approximate surface area is 215 Å². The fourth-order valence-corrected chi connectivity index (χ4v) is 5.28. The maximum atomic E-state index is 16.5. The molecule has 1 aromatic carbocycles. The van der Waals surface area contributed by atoms with Crippen LogP contribution in [0.4, 0.5) is 15.1 Å². The average molecular weight is 511 g/mol. The first-order valence-electron chi connectivity index (χ1n) is 13.1. The number of aromatic amines is 1. The molecule has 3 aromatic rings. The molecule has 0 bridgehead atoms. The van der Waals surface area contributed by atoms with E-state index in [0.717, 1.165) is 19.3 Å². The Morgan fingerprint density at radius 3 is 2.57 bits per heavy atom. The van der Waals surface area contributed by atoms with Crippen molar-refractivity contribution in [2.24, 2.45) is 11.8 Å². The van der Waals surface area contributed by atoms with E-state index in [-0.39, 0.29) is 30.1 Å². The van der Waals surface area contributed by atoms with Gasteiger partial charge in [-0.3, -0.25) is 5.32 Å². The molecule has 5 rings (SSSR count). The highest BCUT2D eigenvalue weighted by atomic mass is 19.1. The number of urea groups is 1. The first kappa shape index (κ1) is 25.5. The number of imidazole rings is 1. The number of H-pyrrole nitrogens is 1. The van der Waals surface area contributed by atoms with Gasteiger partial charge in [0.2, 0.25) is 5.95 Å². The molecule has 5 N–H and O–H groups in total. The van der Waals surface area contributed by atoms with Crippen LogP contribution in [0.3, 0.4) is 0 Å². The van der Waals surface area contributed by atoms with Crippen molar-refractivity contribution in [2.45, 2.75) is 70.3 Å². The minimum Gasteiger partial charge on any atom is -0.396 e. The second-order valence-electron chi connectivity index (χ2n) is 11.1. The van der Waals surface area contributed by atoms with E-state index in [1.165, 1.54) is 25.2 Å². The number of nitrogens with zero attached hydrogens (tertiary/aromatic N) is 3. The molecule has 0 aliphatic heterocycles. The Balaban J connectivity index is 1.59. The van der Waals surface area contributed by atoms with Gasteiger partial charge >= 0.3 is 6.03 Å². The van der Waals surface area contributed by atoms with Crippen LogP contribution in [0.5, 0.6) is 0 Å². The van der Waals surface area contributed by atoms with Crippen LogP contribution in [-0.4, -0.2) is 49.3 Å². The number of rotatable bonds is 10. The number of aromatic nitrogens is 4. The quantitative estimate of drug-likeness (QED) is 0.275. The van der Waals surface area contributed by atoms with Crippen LogP contribution in [0.1, 0.15) is 70.7 Å². The van der Waals surface area contributed by atoms with Gasteiger partial charge in [0, 0.05) is 47.7 Å². The highest BCUT2D eigenvalue weighted by Gasteiger charge is 2.49. The van der Waals surface area contributed by atoms with Gasteiger partial charge in [0.25, 0.3) is 0 Å². The summed E-state index contributed by atoms with van der Waals surface area (Å²) in [4.78, 5) is 28.4. The summed E-state index contributed by atoms with van der Waals surface area (Å²) in [7, 11) is 0. The number of anilines is 1. The Morgan fingerprint density at radius 2 is 2.00 bits per heavy atom. The van der Waals surface area contributed by atoms with Crippen LogP contribution < -0.4 is 10.6 Å². The van der Waals surface area contributed by atoms with Crippen LogP contribution in [0, 0.1) is 17.7 Å². The lowest BCUT2D eigenvalue weighted by atomic mass is 9.82. The predicted molar refractivity (Wildman–Crippen MR) is 138 cm³/mol. The normalized spacial score (nSPS) is 17.6. The number of hydrogen-bond acceptors (Lipinski definition) is 6. The summed E-state index contributed by atoms with van der Waals surface area (Å²) in [5, 5.41) is 25.7. The van der Waals surface area contributed by atoms with E-state index in [1.54, 1.807) is 19.9 Å². The van der Waals surface area contributed by atoms with Crippen LogP contribution in [-0.2, 0) is 11.0 Å². The molecule has 2 aromatic heterocycles. The summed E-state index contributed by atoms with van der Waals surface area (Å²) in [6.07, 6.45) is 8.70. The van der Waals surface area contributed by atoms with Crippen LogP contribution in [0.2, 0.25) is 0 Å². The van der Waals surface area contributed by atoms with Crippen molar-refractivity contribution < 1.29 is 19.4 Å². The van der Waals surface area contributed by atoms with Crippen molar-refractivity contribution in [3.63, 3.8) is 0 Å². The molecular formula is C27H35FN6O3. The molecule has 1 unspecified atom stereocenters.